The molecule has 76 valence electrons. The standard InChI is InChI=1S/C10H13BrN2O/c1-14-10(6-12-7-10)4-8-2-3-9(11)13-5-8/h2-3,5,12H,4,6-7H2,1H3. The lowest BCUT2D eigenvalue weighted by Gasteiger charge is -2.41. The molecule has 3 nitrogen and oxygen atoms in total. The van der Waals surface area contributed by atoms with Gasteiger partial charge in [-0.05, 0) is 27.6 Å². The van der Waals surface area contributed by atoms with Crippen molar-refractivity contribution in [2.24, 2.45) is 0 Å². The molecule has 1 aromatic heterocycles. The van der Waals surface area contributed by atoms with E-state index >= 15 is 0 Å². The summed E-state index contributed by atoms with van der Waals surface area (Å²) in [5.41, 5.74) is 1.21. The molecule has 0 aliphatic carbocycles. The highest BCUT2D eigenvalue weighted by Crippen LogP contribution is 2.21. The van der Waals surface area contributed by atoms with Gasteiger partial charge in [0.1, 0.15) is 4.60 Å². The fraction of sp³-hybridized carbons (Fsp3) is 0.500. The van der Waals surface area contributed by atoms with Crippen molar-refractivity contribution in [1.82, 2.24) is 10.3 Å². The van der Waals surface area contributed by atoms with Crippen molar-refractivity contribution in [1.29, 1.82) is 0 Å². The van der Waals surface area contributed by atoms with E-state index in [-0.39, 0.29) is 5.60 Å². The van der Waals surface area contributed by atoms with Crippen molar-refractivity contribution in [2.45, 2.75) is 12.0 Å². The molecule has 1 aromatic rings. The van der Waals surface area contributed by atoms with Crippen LogP contribution in [0.3, 0.4) is 0 Å². The van der Waals surface area contributed by atoms with E-state index in [1.807, 2.05) is 12.3 Å². The van der Waals surface area contributed by atoms with Crippen LogP contribution >= 0.6 is 15.9 Å². The summed E-state index contributed by atoms with van der Waals surface area (Å²) in [6.07, 6.45) is 2.82. The zero-order valence-corrected chi connectivity index (χ0v) is 9.67. The van der Waals surface area contributed by atoms with Crippen LogP contribution < -0.4 is 5.32 Å². The van der Waals surface area contributed by atoms with Gasteiger partial charge in [-0.25, -0.2) is 4.98 Å². The van der Waals surface area contributed by atoms with Crippen LogP contribution in [-0.2, 0) is 11.2 Å². The van der Waals surface area contributed by atoms with Gasteiger partial charge in [-0.2, -0.15) is 0 Å². The maximum atomic E-state index is 5.51. The fourth-order valence-corrected chi connectivity index (χ4v) is 1.86. The molecule has 2 rings (SSSR count). The van der Waals surface area contributed by atoms with Crippen molar-refractivity contribution in [3.05, 3.63) is 28.5 Å². The molecule has 0 amide bonds. The van der Waals surface area contributed by atoms with Gasteiger partial charge in [0.15, 0.2) is 0 Å². The first-order valence-corrected chi connectivity index (χ1v) is 5.40. The molecule has 0 unspecified atom stereocenters. The van der Waals surface area contributed by atoms with Gasteiger partial charge in [0.25, 0.3) is 0 Å². The molecule has 1 aliphatic heterocycles. The third-order valence-electron chi connectivity index (χ3n) is 2.64. The van der Waals surface area contributed by atoms with Crippen LogP contribution in [0.15, 0.2) is 22.9 Å². The molecule has 1 fully saturated rings. The molecule has 1 N–H and O–H groups in total. The maximum absolute atomic E-state index is 5.51. The fourth-order valence-electron chi connectivity index (χ4n) is 1.63. The number of hydrogen-bond acceptors (Lipinski definition) is 3. The van der Waals surface area contributed by atoms with E-state index in [4.69, 9.17) is 4.74 Å². The molecule has 4 heteroatoms. The topological polar surface area (TPSA) is 34.1 Å². The number of methoxy groups -OCH3 is 1. The Hall–Kier alpha value is -0.450. The van der Waals surface area contributed by atoms with Gasteiger partial charge < -0.3 is 10.1 Å². The van der Waals surface area contributed by atoms with E-state index < -0.39 is 0 Å². The largest absolute Gasteiger partial charge is 0.375 e. The molecule has 14 heavy (non-hydrogen) atoms. The van der Waals surface area contributed by atoms with Gasteiger partial charge >= 0.3 is 0 Å². The maximum Gasteiger partial charge on any atom is 0.106 e. The Morgan fingerprint density at radius 1 is 1.57 bits per heavy atom. The molecule has 1 saturated heterocycles. The zero-order chi connectivity index (χ0) is 10.0. The Bertz CT molecular complexity index is 303. The molecular weight excluding hydrogens is 244 g/mol. The lowest BCUT2D eigenvalue weighted by molar-refractivity contribution is -0.0502. The summed E-state index contributed by atoms with van der Waals surface area (Å²) in [4.78, 5) is 4.20. The molecular formula is C10H13BrN2O. The van der Waals surface area contributed by atoms with Crippen LogP contribution in [0.5, 0.6) is 0 Å². The van der Waals surface area contributed by atoms with Crippen LogP contribution in [0.4, 0.5) is 0 Å². The second-order valence-electron chi connectivity index (χ2n) is 3.66. The number of aromatic nitrogens is 1. The number of nitrogens with one attached hydrogen (secondary N) is 1. The molecule has 0 atom stereocenters. The van der Waals surface area contributed by atoms with E-state index in [0.29, 0.717) is 0 Å². The van der Waals surface area contributed by atoms with Crippen molar-refractivity contribution < 1.29 is 4.74 Å². The highest BCUT2D eigenvalue weighted by atomic mass is 79.9. The van der Waals surface area contributed by atoms with Crippen LogP contribution in [0.2, 0.25) is 0 Å². The van der Waals surface area contributed by atoms with E-state index in [9.17, 15) is 0 Å². The van der Waals surface area contributed by atoms with Crippen LogP contribution in [0.25, 0.3) is 0 Å². The van der Waals surface area contributed by atoms with E-state index in [1.165, 1.54) is 5.56 Å². The lowest BCUT2D eigenvalue weighted by atomic mass is 9.89. The number of rotatable bonds is 3. The second-order valence-corrected chi connectivity index (χ2v) is 4.47. The third kappa shape index (κ3) is 1.97. The van der Waals surface area contributed by atoms with Crippen LogP contribution in [-0.4, -0.2) is 30.8 Å². The van der Waals surface area contributed by atoms with Crippen molar-refractivity contribution in [3.8, 4) is 0 Å². The summed E-state index contributed by atoms with van der Waals surface area (Å²) in [7, 11) is 1.77. The first kappa shape index (κ1) is 10.1. The summed E-state index contributed by atoms with van der Waals surface area (Å²) < 4.78 is 6.38. The predicted octanol–water partition coefficient (Wildman–Crippen LogP) is 1.38. The molecule has 0 spiro atoms. The number of hydrogen-bond donors (Lipinski definition) is 1. The first-order valence-electron chi connectivity index (χ1n) is 4.60. The number of nitrogens with zero attached hydrogens (tertiary/aromatic N) is 1. The summed E-state index contributed by atoms with van der Waals surface area (Å²) in [5.74, 6) is 0. The van der Waals surface area contributed by atoms with E-state index in [1.54, 1.807) is 7.11 Å². The molecule has 1 aliphatic rings. The Morgan fingerprint density at radius 3 is 2.79 bits per heavy atom. The van der Waals surface area contributed by atoms with Crippen molar-refractivity contribution in [2.75, 3.05) is 20.2 Å². The molecule has 0 bridgehead atoms. The number of halogens is 1. The molecule has 2 heterocycles. The molecule has 0 radical (unpaired) electrons. The zero-order valence-electron chi connectivity index (χ0n) is 8.09. The Kier molecular flexibility index (Phi) is 2.85. The van der Waals surface area contributed by atoms with Gasteiger partial charge in [-0.1, -0.05) is 6.07 Å². The Labute approximate surface area is 92.0 Å². The molecule has 0 aromatic carbocycles. The van der Waals surface area contributed by atoms with Gasteiger partial charge in [-0.15, -0.1) is 0 Å². The second kappa shape index (κ2) is 3.96. The van der Waals surface area contributed by atoms with Crippen molar-refractivity contribution >= 4 is 15.9 Å². The number of ether oxygens (including phenoxy) is 1. The quantitative estimate of drug-likeness (QED) is 0.830. The average molecular weight is 257 g/mol. The third-order valence-corrected chi connectivity index (χ3v) is 3.11. The summed E-state index contributed by atoms with van der Waals surface area (Å²) >= 11 is 3.32. The molecule has 0 saturated carbocycles. The normalized spacial score (nSPS) is 19.0. The lowest BCUT2D eigenvalue weighted by Crippen LogP contribution is -2.61. The van der Waals surface area contributed by atoms with E-state index in [2.05, 4.69) is 32.3 Å². The highest BCUT2D eigenvalue weighted by molar-refractivity contribution is 9.10. The van der Waals surface area contributed by atoms with Gasteiger partial charge in [0.2, 0.25) is 0 Å². The Balaban J connectivity index is 2.06. The van der Waals surface area contributed by atoms with Gasteiger partial charge in [0.05, 0.1) is 5.60 Å². The predicted molar refractivity (Wildman–Crippen MR) is 58.3 cm³/mol. The number of pyridine rings is 1. The minimum Gasteiger partial charge on any atom is -0.375 e. The average Bonchev–Trinajstić information content (AvgIpc) is 2.15. The summed E-state index contributed by atoms with van der Waals surface area (Å²) in [6.45, 7) is 1.86. The van der Waals surface area contributed by atoms with Gasteiger partial charge in [0, 0.05) is 32.8 Å². The minimum atomic E-state index is -0.00445. The Morgan fingerprint density at radius 2 is 2.36 bits per heavy atom. The smallest absolute Gasteiger partial charge is 0.106 e. The van der Waals surface area contributed by atoms with E-state index in [0.717, 1.165) is 24.1 Å². The monoisotopic (exact) mass is 256 g/mol. The van der Waals surface area contributed by atoms with Crippen LogP contribution in [0.1, 0.15) is 5.56 Å². The SMILES string of the molecule is COC1(Cc2ccc(Br)nc2)CNC1. The van der Waals surface area contributed by atoms with Gasteiger partial charge in [-0.3, -0.25) is 0 Å². The first-order chi connectivity index (χ1) is 6.74. The summed E-state index contributed by atoms with van der Waals surface area (Å²) in [6, 6.07) is 4.04. The highest BCUT2D eigenvalue weighted by Gasteiger charge is 2.36. The minimum absolute atomic E-state index is 0.00445. The summed E-state index contributed by atoms with van der Waals surface area (Å²) in [5, 5.41) is 3.23. The van der Waals surface area contributed by atoms with Crippen LogP contribution in [0, 0.1) is 0 Å². The van der Waals surface area contributed by atoms with Crippen molar-refractivity contribution in [3.63, 3.8) is 0 Å².